The summed E-state index contributed by atoms with van der Waals surface area (Å²) in [5.74, 6) is -0.418. The first kappa shape index (κ1) is 20.5. The lowest BCUT2D eigenvalue weighted by atomic mass is 10.1. The molecule has 1 amide bonds. The van der Waals surface area contributed by atoms with Crippen LogP contribution in [0.15, 0.2) is 43.1 Å². The van der Waals surface area contributed by atoms with E-state index in [0.717, 1.165) is 49.3 Å². The van der Waals surface area contributed by atoms with Crippen molar-refractivity contribution in [2.24, 2.45) is 0 Å². The molecule has 0 aliphatic carbocycles. The molecule has 9 nitrogen and oxygen atoms in total. The summed E-state index contributed by atoms with van der Waals surface area (Å²) in [4.78, 5) is 39.4. The number of anilines is 1. The van der Waals surface area contributed by atoms with Gasteiger partial charge in [0.05, 0.1) is 12.5 Å². The van der Waals surface area contributed by atoms with Crippen molar-refractivity contribution >= 4 is 17.7 Å². The largest absolute Gasteiger partial charge is 0.481 e. The van der Waals surface area contributed by atoms with E-state index in [4.69, 9.17) is 4.98 Å². The summed E-state index contributed by atoms with van der Waals surface area (Å²) in [6.07, 6.45) is 9.58. The molecule has 0 fully saturated rings. The Kier molecular flexibility index (Phi) is 6.21. The molecule has 1 unspecified atom stereocenters. The van der Waals surface area contributed by atoms with E-state index in [1.165, 1.54) is 24.3 Å². The van der Waals surface area contributed by atoms with Crippen LogP contribution in [0.3, 0.4) is 0 Å². The predicted molar refractivity (Wildman–Crippen MR) is 114 cm³/mol. The van der Waals surface area contributed by atoms with Crippen molar-refractivity contribution in [3.8, 4) is 0 Å². The number of aromatic nitrogens is 4. The van der Waals surface area contributed by atoms with Gasteiger partial charge in [-0.05, 0) is 48.9 Å². The third-order valence-corrected chi connectivity index (χ3v) is 5.28. The number of aromatic amines is 1. The van der Waals surface area contributed by atoms with Gasteiger partial charge in [0.25, 0.3) is 5.91 Å². The maximum Gasteiger partial charge on any atom is 0.305 e. The lowest BCUT2D eigenvalue weighted by molar-refractivity contribution is -0.137. The van der Waals surface area contributed by atoms with Gasteiger partial charge in [0, 0.05) is 36.4 Å². The molecule has 0 spiro atoms. The van der Waals surface area contributed by atoms with Gasteiger partial charge in [0.2, 0.25) is 0 Å². The van der Waals surface area contributed by atoms with E-state index in [1.807, 2.05) is 0 Å². The van der Waals surface area contributed by atoms with E-state index in [2.05, 4.69) is 37.7 Å². The number of fused-ring (bicyclic) bond motifs is 1. The Hall–Kier alpha value is -3.75. The lowest BCUT2D eigenvalue weighted by Gasteiger charge is -2.17. The van der Waals surface area contributed by atoms with Crippen LogP contribution in [0.4, 0.5) is 5.82 Å². The number of aliphatic carboxylic acids is 1. The highest BCUT2D eigenvalue weighted by atomic mass is 16.4. The molecular weight excluding hydrogens is 396 g/mol. The molecule has 1 aliphatic rings. The third kappa shape index (κ3) is 5.25. The number of aryl methyl sites for hydroxylation is 3. The molecule has 0 saturated heterocycles. The van der Waals surface area contributed by atoms with Gasteiger partial charge in [-0.15, -0.1) is 0 Å². The van der Waals surface area contributed by atoms with Crippen LogP contribution < -0.4 is 10.6 Å². The zero-order chi connectivity index (χ0) is 21.6. The van der Waals surface area contributed by atoms with Crippen molar-refractivity contribution in [2.75, 3.05) is 11.9 Å². The molecule has 0 bridgehead atoms. The zero-order valence-corrected chi connectivity index (χ0v) is 17.0. The van der Waals surface area contributed by atoms with Gasteiger partial charge in [-0.2, -0.15) is 0 Å². The van der Waals surface area contributed by atoms with Crippen molar-refractivity contribution in [3.63, 3.8) is 0 Å². The SMILES string of the molecule is O=C(O)CC(NC(=O)c1cc(CCc2ccc3c(n2)NCCC3)c[nH]1)c1cncnc1. The Morgan fingerprint density at radius 3 is 2.84 bits per heavy atom. The molecule has 3 aromatic rings. The highest BCUT2D eigenvalue weighted by molar-refractivity contribution is 5.93. The van der Waals surface area contributed by atoms with E-state index >= 15 is 0 Å². The van der Waals surface area contributed by atoms with Crippen LogP contribution in [0.25, 0.3) is 0 Å². The van der Waals surface area contributed by atoms with E-state index in [0.29, 0.717) is 11.3 Å². The van der Waals surface area contributed by atoms with Gasteiger partial charge in [0.1, 0.15) is 17.8 Å². The number of pyridine rings is 1. The first-order valence-corrected chi connectivity index (χ1v) is 10.3. The van der Waals surface area contributed by atoms with Gasteiger partial charge in [-0.25, -0.2) is 15.0 Å². The Bertz CT molecular complexity index is 1070. The Labute approximate surface area is 179 Å². The number of amides is 1. The molecule has 1 atom stereocenters. The minimum absolute atomic E-state index is 0.259. The first-order chi connectivity index (χ1) is 15.1. The molecule has 0 radical (unpaired) electrons. The topological polar surface area (TPSA) is 133 Å². The number of rotatable bonds is 8. The van der Waals surface area contributed by atoms with Gasteiger partial charge >= 0.3 is 5.97 Å². The molecule has 4 N–H and O–H groups in total. The summed E-state index contributed by atoms with van der Waals surface area (Å²) >= 11 is 0. The van der Waals surface area contributed by atoms with Crippen LogP contribution in [0.2, 0.25) is 0 Å². The fourth-order valence-electron chi connectivity index (χ4n) is 3.65. The lowest BCUT2D eigenvalue weighted by Crippen LogP contribution is -2.30. The maximum absolute atomic E-state index is 12.7. The van der Waals surface area contributed by atoms with E-state index < -0.39 is 12.0 Å². The summed E-state index contributed by atoms with van der Waals surface area (Å²) in [5, 5.41) is 15.3. The van der Waals surface area contributed by atoms with Crippen molar-refractivity contribution in [1.29, 1.82) is 0 Å². The van der Waals surface area contributed by atoms with Gasteiger partial charge in [-0.1, -0.05) is 6.07 Å². The monoisotopic (exact) mass is 420 g/mol. The fraction of sp³-hybridized carbons (Fsp3) is 0.318. The van der Waals surface area contributed by atoms with Crippen LogP contribution >= 0.6 is 0 Å². The molecule has 4 heterocycles. The molecule has 9 heteroatoms. The minimum Gasteiger partial charge on any atom is -0.481 e. The van der Waals surface area contributed by atoms with Crippen LogP contribution in [-0.4, -0.2) is 43.5 Å². The van der Waals surface area contributed by atoms with Crippen molar-refractivity contribution < 1.29 is 14.7 Å². The molecule has 0 aromatic carbocycles. The zero-order valence-electron chi connectivity index (χ0n) is 17.0. The number of carboxylic acids is 1. The summed E-state index contributed by atoms with van der Waals surface area (Å²) < 4.78 is 0. The first-order valence-electron chi connectivity index (χ1n) is 10.3. The summed E-state index contributed by atoms with van der Waals surface area (Å²) in [7, 11) is 0. The van der Waals surface area contributed by atoms with E-state index in [9.17, 15) is 14.7 Å². The average Bonchev–Trinajstić information content (AvgIpc) is 3.27. The van der Waals surface area contributed by atoms with Crippen LogP contribution in [0, 0.1) is 0 Å². The molecule has 3 aromatic heterocycles. The number of carboxylic acid groups (broad SMARTS) is 1. The molecule has 4 rings (SSSR count). The predicted octanol–water partition coefficient (Wildman–Crippen LogP) is 2.29. The second-order valence-electron chi connectivity index (χ2n) is 7.56. The molecular formula is C22H24N6O3. The smallest absolute Gasteiger partial charge is 0.305 e. The number of nitrogens with zero attached hydrogens (tertiary/aromatic N) is 3. The third-order valence-electron chi connectivity index (χ3n) is 5.28. The van der Waals surface area contributed by atoms with Gasteiger partial charge in [-0.3, -0.25) is 9.59 Å². The van der Waals surface area contributed by atoms with Crippen LogP contribution in [0.5, 0.6) is 0 Å². The van der Waals surface area contributed by atoms with Crippen LogP contribution in [-0.2, 0) is 24.1 Å². The van der Waals surface area contributed by atoms with Crippen molar-refractivity contribution in [2.45, 2.75) is 38.1 Å². The Balaban J connectivity index is 1.38. The molecule has 160 valence electrons. The number of hydrogen-bond acceptors (Lipinski definition) is 6. The second kappa shape index (κ2) is 9.38. The van der Waals surface area contributed by atoms with Crippen LogP contribution in [0.1, 0.15) is 51.8 Å². The normalized spacial score (nSPS) is 13.7. The molecule has 1 aliphatic heterocycles. The quantitative estimate of drug-likeness (QED) is 0.439. The number of carbonyl (C=O) groups excluding carboxylic acids is 1. The fourth-order valence-corrected chi connectivity index (χ4v) is 3.65. The summed E-state index contributed by atoms with van der Waals surface area (Å²) in [6, 6.07) is 5.26. The number of H-pyrrole nitrogens is 1. The average molecular weight is 420 g/mol. The number of hydrogen-bond donors (Lipinski definition) is 4. The molecule has 0 saturated carbocycles. The Morgan fingerprint density at radius 1 is 1.19 bits per heavy atom. The standard InChI is InChI=1S/C22H24N6O3/c29-20(30)9-18(16-11-23-13-24-12-16)28-22(31)19-8-14(10-26-19)3-5-17-6-4-15-2-1-7-25-21(15)27-17/h4,6,8,10-13,18,26H,1-3,5,7,9H2,(H,25,27)(H,28,31)(H,29,30). The van der Waals surface area contributed by atoms with Crippen molar-refractivity contribution in [1.82, 2.24) is 25.3 Å². The van der Waals surface area contributed by atoms with E-state index in [-0.39, 0.29) is 12.3 Å². The minimum atomic E-state index is -1.02. The summed E-state index contributed by atoms with van der Waals surface area (Å²) in [5.41, 5.74) is 4.16. The summed E-state index contributed by atoms with van der Waals surface area (Å²) in [6.45, 7) is 0.956. The Morgan fingerprint density at radius 2 is 2.03 bits per heavy atom. The number of carbonyl (C=O) groups is 2. The van der Waals surface area contributed by atoms with E-state index in [1.54, 1.807) is 12.3 Å². The maximum atomic E-state index is 12.7. The van der Waals surface area contributed by atoms with Gasteiger partial charge in [0.15, 0.2) is 0 Å². The molecule has 31 heavy (non-hydrogen) atoms. The van der Waals surface area contributed by atoms with Gasteiger partial charge < -0.3 is 20.7 Å². The second-order valence-corrected chi connectivity index (χ2v) is 7.56. The van der Waals surface area contributed by atoms with Crippen molar-refractivity contribution in [3.05, 3.63) is 71.2 Å². The highest BCUT2D eigenvalue weighted by Gasteiger charge is 2.20. The number of nitrogens with one attached hydrogen (secondary N) is 3. The highest BCUT2D eigenvalue weighted by Crippen LogP contribution is 2.21.